The van der Waals surface area contributed by atoms with Crippen LogP contribution in [0.1, 0.15) is 23.2 Å². The molecular formula is C13H19N3O2. The molecule has 0 unspecified atom stereocenters. The van der Waals surface area contributed by atoms with Crippen LogP contribution in [0.4, 0.5) is 0 Å². The van der Waals surface area contributed by atoms with Crippen molar-refractivity contribution in [3.63, 3.8) is 0 Å². The molecule has 0 atom stereocenters. The van der Waals surface area contributed by atoms with Gasteiger partial charge in [0.1, 0.15) is 5.56 Å². The summed E-state index contributed by atoms with van der Waals surface area (Å²) in [6, 6.07) is 1.39. The van der Waals surface area contributed by atoms with E-state index >= 15 is 0 Å². The summed E-state index contributed by atoms with van der Waals surface area (Å²) in [6.45, 7) is 2.47. The lowest BCUT2D eigenvalue weighted by Crippen LogP contribution is -2.41. The first-order chi connectivity index (χ1) is 8.72. The number of piperidine rings is 1. The van der Waals surface area contributed by atoms with Crippen molar-refractivity contribution in [1.29, 1.82) is 0 Å². The van der Waals surface area contributed by atoms with Gasteiger partial charge in [-0.2, -0.15) is 0 Å². The van der Waals surface area contributed by atoms with Crippen LogP contribution in [-0.4, -0.2) is 42.5 Å². The molecule has 1 aliphatic rings. The Balaban J connectivity index is 2.00. The zero-order valence-electron chi connectivity index (χ0n) is 10.6. The Bertz CT molecular complexity index is 461. The molecule has 2 rings (SSSR count). The van der Waals surface area contributed by atoms with Gasteiger partial charge in [-0.1, -0.05) is 0 Å². The van der Waals surface area contributed by atoms with Crippen molar-refractivity contribution < 1.29 is 4.79 Å². The zero-order chi connectivity index (χ0) is 13.0. The maximum Gasteiger partial charge on any atom is 0.259 e. The standard InChI is InChI=1S/C13H19N3O2/c1-14-8-10-3-6-16(7-4-10)13(18)11-9-15-5-2-12(11)17/h2,5,9-10,14H,3-4,6-8H2,1H3,(H,15,17). The van der Waals surface area contributed by atoms with Crippen molar-refractivity contribution in [3.05, 3.63) is 34.2 Å². The third-order valence-corrected chi connectivity index (χ3v) is 3.45. The molecule has 5 heteroatoms. The number of carbonyl (C=O) groups excluding carboxylic acids is 1. The molecule has 1 aromatic rings. The lowest BCUT2D eigenvalue weighted by atomic mass is 9.96. The number of aromatic nitrogens is 1. The SMILES string of the molecule is CNCC1CCN(C(=O)c2c[nH]ccc2=O)CC1. The molecule has 1 saturated heterocycles. The van der Waals surface area contributed by atoms with Gasteiger partial charge in [-0.3, -0.25) is 9.59 Å². The molecule has 98 valence electrons. The molecule has 1 aliphatic heterocycles. The van der Waals surface area contributed by atoms with E-state index in [1.807, 2.05) is 7.05 Å². The summed E-state index contributed by atoms with van der Waals surface area (Å²) in [7, 11) is 1.95. The fourth-order valence-electron chi connectivity index (χ4n) is 2.38. The first-order valence-corrected chi connectivity index (χ1v) is 6.33. The van der Waals surface area contributed by atoms with Gasteiger partial charge in [0.05, 0.1) is 0 Å². The van der Waals surface area contributed by atoms with E-state index in [4.69, 9.17) is 0 Å². The Kier molecular flexibility index (Phi) is 4.15. The van der Waals surface area contributed by atoms with E-state index in [1.54, 1.807) is 4.90 Å². The van der Waals surface area contributed by atoms with E-state index in [-0.39, 0.29) is 16.9 Å². The molecule has 0 aliphatic carbocycles. The van der Waals surface area contributed by atoms with E-state index in [2.05, 4.69) is 10.3 Å². The molecule has 2 heterocycles. The summed E-state index contributed by atoms with van der Waals surface area (Å²) in [5.41, 5.74) is 0.0284. The first-order valence-electron chi connectivity index (χ1n) is 6.33. The van der Waals surface area contributed by atoms with Crippen LogP contribution in [0.3, 0.4) is 0 Å². The van der Waals surface area contributed by atoms with Crippen molar-refractivity contribution in [2.75, 3.05) is 26.7 Å². The predicted molar refractivity (Wildman–Crippen MR) is 69.6 cm³/mol. The van der Waals surface area contributed by atoms with Gasteiger partial charge in [-0.05, 0) is 32.4 Å². The smallest absolute Gasteiger partial charge is 0.259 e. The van der Waals surface area contributed by atoms with Crippen LogP contribution in [0.25, 0.3) is 0 Å². The van der Waals surface area contributed by atoms with Gasteiger partial charge in [-0.25, -0.2) is 0 Å². The van der Waals surface area contributed by atoms with Crippen molar-refractivity contribution >= 4 is 5.91 Å². The minimum absolute atomic E-state index is 0.153. The van der Waals surface area contributed by atoms with Gasteiger partial charge in [0, 0.05) is 31.5 Å². The molecule has 0 aromatic carbocycles. The second-order valence-electron chi connectivity index (χ2n) is 4.72. The largest absolute Gasteiger partial charge is 0.367 e. The molecule has 1 fully saturated rings. The maximum absolute atomic E-state index is 12.2. The quantitative estimate of drug-likeness (QED) is 0.817. The van der Waals surface area contributed by atoms with E-state index in [0.29, 0.717) is 5.92 Å². The highest BCUT2D eigenvalue weighted by molar-refractivity contribution is 5.93. The van der Waals surface area contributed by atoms with Gasteiger partial charge in [-0.15, -0.1) is 0 Å². The lowest BCUT2D eigenvalue weighted by molar-refractivity contribution is 0.0689. The third kappa shape index (κ3) is 2.79. The number of pyridine rings is 1. The molecule has 0 bridgehead atoms. The Hall–Kier alpha value is -1.62. The molecule has 1 amide bonds. The van der Waals surface area contributed by atoms with Crippen LogP contribution in [0.5, 0.6) is 0 Å². The zero-order valence-corrected chi connectivity index (χ0v) is 10.6. The van der Waals surface area contributed by atoms with E-state index in [1.165, 1.54) is 18.5 Å². The first kappa shape index (κ1) is 12.8. The highest BCUT2D eigenvalue weighted by Gasteiger charge is 2.24. The van der Waals surface area contributed by atoms with Crippen LogP contribution in [-0.2, 0) is 0 Å². The minimum Gasteiger partial charge on any atom is -0.367 e. The Morgan fingerprint density at radius 1 is 1.50 bits per heavy atom. The predicted octanol–water partition coefficient (Wildman–Crippen LogP) is 0.446. The average molecular weight is 249 g/mol. The van der Waals surface area contributed by atoms with Crippen LogP contribution in [0, 0.1) is 5.92 Å². The van der Waals surface area contributed by atoms with Gasteiger partial charge >= 0.3 is 0 Å². The number of amides is 1. The second-order valence-corrected chi connectivity index (χ2v) is 4.72. The van der Waals surface area contributed by atoms with Crippen molar-refractivity contribution in [1.82, 2.24) is 15.2 Å². The Morgan fingerprint density at radius 3 is 2.83 bits per heavy atom. The molecule has 5 nitrogen and oxygen atoms in total. The van der Waals surface area contributed by atoms with E-state index < -0.39 is 0 Å². The van der Waals surface area contributed by atoms with Crippen molar-refractivity contribution in [3.8, 4) is 0 Å². The summed E-state index contributed by atoms with van der Waals surface area (Å²) in [4.78, 5) is 28.3. The number of carbonyl (C=O) groups is 1. The molecule has 0 spiro atoms. The fraction of sp³-hybridized carbons (Fsp3) is 0.538. The molecule has 0 saturated carbocycles. The number of rotatable bonds is 3. The summed E-state index contributed by atoms with van der Waals surface area (Å²) in [5.74, 6) is 0.480. The number of aromatic amines is 1. The van der Waals surface area contributed by atoms with Crippen LogP contribution in [0.2, 0.25) is 0 Å². The number of H-pyrrole nitrogens is 1. The molecule has 2 N–H and O–H groups in total. The second kappa shape index (κ2) is 5.82. The van der Waals surface area contributed by atoms with Gasteiger partial charge in [0.2, 0.25) is 0 Å². The summed E-state index contributed by atoms with van der Waals surface area (Å²) in [5, 5.41) is 3.16. The average Bonchev–Trinajstić information content (AvgIpc) is 2.40. The van der Waals surface area contributed by atoms with Crippen LogP contribution in [0.15, 0.2) is 23.3 Å². The summed E-state index contributed by atoms with van der Waals surface area (Å²) < 4.78 is 0. The molecule has 0 radical (unpaired) electrons. The van der Waals surface area contributed by atoms with Crippen molar-refractivity contribution in [2.45, 2.75) is 12.8 Å². The number of nitrogens with zero attached hydrogens (tertiary/aromatic N) is 1. The fourth-order valence-corrected chi connectivity index (χ4v) is 2.38. The summed E-state index contributed by atoms with van der Waals surface area (Å²) in [6.07, 6.45) is 5.03. The monoisotopic (exact) mass is 249 g/mol. The number of hydrogen-bond acceptors (Lipinski definition) is 3. The molecular weight excluding hydrogens is 230 g/mol. The highest BCUT2D eigenvalue weighted by Crippen LogP contribution is 2.17. The van der Waals surface area contributed by atoms with Crippen LogP contribution < -0.4 is 10.7 Å². The normalized spacial score (nSPS) is 16.8. The Labute approximate surface area is 106 Å². The minimum atomic E-state index is -0.212. The van der Waals surface area contributed by atoms with Crippen LogP contribution >= 0.6 is 0 Å². The summed E-state index contributed by atoms with van der Waals surface area (Å²) >= 11 is 0. The van der Waals surface area contributed by atoms with Gasteiger partial charge < -0.3 is 15.2 Å². The Morgan fingerprint density at radius 2 is 2.22 bits per heavy atom. The molecule has 18 heavy (non-hydrogen) atoms. The van der Waals surface area contributed by atoms with E-state index in [9.17, 15) is 9.59 Å². The third-order valence-electron chi connectivity index (χ3n) is 3.45. The highest BCUT2D eigenvalue weighted by atomic mass is 16.2. The topological polar surface area (TPSA) is 65.2 Å². The lowest BCUT2D eigenvalue weighted by Gasteiger charge is -2.31. The number of hydrogen-bond donors (Lipinski definition) is 2. The van der Waals surface area contributed by atoms with Gasteiger partial charge in [0.15, 0.2) is 5.43 Å². The van der Waals surface area contributed by atoms with E-state index in [0.717, 1.165) is 32.5 Å². The van der Waals surface area contributed by atoms with Gasteiger partial charge in [0.25, 0.3) is 5.91 Å². The van der Waals surface area contributed by atoms with Crippen molar-refractivity contribution in [2.24, 2.45) is 5.92 Å². The number of nitrogens with one attached hydrogen (secondary N) is 2. The molecule has 1 aromatic heterocycles. The number of likely N-dealkylation sites (tertiary alicyclic amines) is 1. The maximum atomic E-state index is 12.2.